The quantitative estimate of drug-likeness (QED) is 0.861. The Bertz CT molecular complexity index is 440. The topological polar surface area (TPSA) is 41.1 Å². The first-order valence-electron chi connectivity index (χ1n) is 7.38. The van der Waals surface area contributed by atoms with Crippen molar-refractivity contribution in [2.75, 3.05) is 0 Å². The second-order valence-electron chi connectivity index (χ2n) is 5.65. The molecule has 0 aromatic heterocycles. The van der Waals surface area contributed by atoms with Crippen LogP contribution in [0.25, 0.3) is 0 Å². The van der Waals surface area contributed by atoms with Crippen molar-refractivity contribution in [1.29, 1.82) is 0 Å². The Hall–Kier alpha value is -0.870. The van der Waals surface area contributed by atoms with Gasteiger partial charge in [0.25, 0.3) is 0 Å². The van der Waals surface area contributed by atoms with Gasteiger partial charge in [-0.05, 0) is 44.4 Å². The maximum atomic E-state index is 12.1. The largest absolute Gasteiger partial charge is 0.352 e. The zero-order valence-electron chi connectivity index (χ0n) is 12.2. The Morgan fingerprint density at radius 1 is 1.20 bits per heavy atom. The van der Waals surface area contributed by atoms with Gasteiger partial charge in [0.1, 0.15) is 0 Å². The molecule has 1 aliphatic rings. The number of benzene rings is 1. The van der Waals surface area contributed by atoms with Crippen molar-refractivity contribution < 1.29 is 4.79 Å². The van der Waals surface area contributed by atoms with E-state index in [-0.39, 0.29) is 18.0 Å². The molecule has 1 amide bonds. The number of hydrogen-bond donors (Lipinski definition) is 2. The minimum absolute atomic E-state index is 0.112. The summed E-state index contributed by atoms with van der Waals surface area (Å²) in [5, 5.41) is 6.50. The summed E-state index contributed by atoms with van der Waals surface area (Å²) in [7, 11) is 0. The molecule has 110 valence electrons. The highest BCUT2D eigenvalue weighted by atomic mass is 79.9. The highest BCUT2D eigenvalue weighted by Crippen LogP contribution is 2.19. The molecule has 3 nitrogen and oxygen atoms in total. The van der Waals surface area contributed by atoms with Crippen LogP contribution in [0.2, 0.25) is 0 Å². The summed E-state index contributed by atoms with van der Waals surface area (Å²) in [5.74, 6) is 0.112. The highest BCUT2D eigenvalue weighted by molar-refractivity contribution is 9.10. The van der Waals surface area contributed by atoms with Crippen LogP contribution in [0.3, 0.4) is 0 Å². The lowest BCUT2D eigenvalue weighted by atomic mass is 10.1. The van der Waals surface area contributed by atoms with E-state index in [1.54, 1.807) is 0 Å². The number of carbonyl (C=O) groups is 1. The minimum Gasteiger partial charge on any atom is -0.352 e. The van der Waals surface area contributed by atoms with Gasteiger partial charge in [-0.15, -0.1) is 0 Å². The fraction of sp³-hybridized carbons (Fsp3) is 0.562. The Labute approximate surface area is 129 Å². The number of hydrogen-bond acceptors (Lipinski definition) is 2. The summed E-state index contributed by atoms with van der Waals surface area (Å²) in [6.45, 7) is 4.02. The maximum Gasteiger partial charge on any atom is 0.237 e. The van der Waals surface area contributed by atoms with Crippen LogP contribution in [0.1, 0.15) is 51.1 Å². The van der Waals surface area contributed by atoms with Crippen molar-refractivity contribution in [2.24, 2.45) is 0 Å². The monoisotopic (exact) mass is 338 g/mol. The number of amides is 1. The van der Waals surface area contributed by atoms with E-state index in [0.717, 1.165) is 17.3 Å². The van der Waals surface area contributed by atoms with Gasteiger partial charge in [0.15, 0.2) is 0 Å². The first-order chi connectivity index (χ1) is 9.56. The molecule has 0 saturated heterocycles. The molecule has 0 heterocycles. The highest BCUT2D eigenvalue weighted by Gasteiger charge is 2.21. The minimum atomic E-state index is -0.172. The number of carbonyl (C=O) groups excluding carboxylic acids is 1. The van der Waals surface area contributed by atoms with Crippen LogP contribution in [0.5, 0.6) is 0 Å². The van der Waals surface area contributed by atoms with Gasteiger partial charge in [-0.3, -0.25) is 10.1 Å². The van der Waals surface area contributed by atoms with Gasteiger partial charge in [0.05, 0.1) is 6.04 Å². The molecule has 2 atom stereocenters. The molecule has 0 bridgehead atoms. The second-order valence-corrected chi connectivity index (χ2v) is 6.57. The molecule has 1 fully saturated rings. The van der Waals surface area contributed by atoms with Crippen molar-refractivity contribution >= 4 is 21.8 Å². The van der Waals surface area contributed by atoms with E-state index >= 15 is 0 Å². The zero-order chi connectivity index (χ0) is 14.5. The van der Waals surface area contributed by atoms with Crippen molar-refractivity contribution in [1.82, 2.24) is 10.6 Å². The lowest BCUT2D eigenvalue weighted by molar-refractivity contribution is -0.123. The fourth-order valence-electron chi connectivity index (χ4n) is 2.69. The third kappa shape index (κ3) is 4.32. The molecule has 1 aromatic carbocycles. The summed E-state index contributed by atoms with van der Waals surface area (Å²) >= 11 is 3.43. The molecular weight excluding hydrogens is 316 g/mol. The molecule has 1 saturated carbocycles. The molecule has 20 heavy (non-hydrogen) atoms. The summed E-state index contributed by atoms with van der Waals surface area (Å²) in [6, 6.07) is 8.57. The van der Waals surface area contributed by atoms with Gasteiger partial charge < -0.3 is 5.32 Å². The molecule has 1 aliphatic carbocycles. The van der Waals surface area contributed by atoms with Crippen molar-refractivity contribution in [3.8, 4) is 0 Å². The molecule has 2 N–H and O–H groups in total. The zero-order valence-corrected chi connectivity index (χ0v) is 13.7. The SMILES string of the molecule is CC(N[C@H](C)c1ccc(Br)cc1)C(=O)NC1CCCC1. The molecule has 0 radical (unpaired) electrons. The Kier molecular flexibility index (Phi) is 5.61. The molecule has 1 unspecified atom stereocenters. The van der Waals surface area contributed by atoms with E-state index in [1.807, 2.05) is 19.1 Å². The van der Waals surface area contributed by atoms with Crippen LogP contribution in [0, 0.1) is 0 Å². The van der Waals surface area contributed by atoms with E-state index in [4.69, 9.17) is 0 Å². The van der Waals surface area contributed by atoms with Crippen LogP contribution in [0.4, 0.5) is 0 Å². The second kappa shape index (κ2) is 7.23. The number of nitrogens with one attached hydrogen (secondary N) is 2. The van der Waals surface area contributed by atoms with Crippen LogP contribution in [-0.4, -0.2) is 18.0 Å². The van der Waals surface area contributed by atoms with E-state index in [0.29, 0.717) is 6.04 Å². The van der Waals surface area contributed by atoms with Crippen LogP contribution < -0.4 is 10.6 Å². The first-order valence-corrected chi connectivity index (χ1v) is 8.17. The van der Waals surface area contributed by atoms with E-state index in [9.17, 15) is 4.79 Å². The number of halogens is 1. The summed E-state index contributed by atoms with van der Waals surface area (Å²) in [5.41, 5.74) is 1.19. The normalized spacial score (nSPS) is 18.8. The fourth-order valence-corrected chi connectivity index (χ4v) is 2.96. The summed E-state index contributed by atoms with van der Waals surface area (Å²) in [4.78, 5) is 12.1. The van der Waals surface area contributed by atoms with E-state index < -0.39 is 0 Å². The van der Waals surface area contributed by atoms with Gasteiger partial charge in [0.2, 0.25) is 5.91 Å². The number of rotatable bonds is 5. The smallest absolute Gasteiger partial charge is 0.237 e. The molecular formula is C16H23BrN2O. The van der Waals surface area contributed by atoms with Gasteiger partial charge in [0, 0.05) is 16.6 Å². The molecule has 2 rings (SSSR count). The Morgan fingerprint density at radius 2 is 1.80 bits per heavy atom. The van der Waals surface area contributed by atoms with E-state index in [1.165, 1.54) is 18.4 Å². The van der Waals surface area contributed by atoms with Crippen LogP contribution in [0.15, 0.2) is 28.7 Å². The van der Waals surface area contributed by atoms with Gasteiger partial charge in [-0.1, -0.05) is 40.9 Å². The standard InChI is InChI=1S/C16H23BrN2O/c1-11(13-7-9-14(17)10-8-13)18-12(2)16(20)19-15-5-3-4-6-15/h7-12,15,18H,3-6H2,1-2H3,(H,19,20)/t11-,12?/m1/s1. The predicted octanol–water partition coefficient (Wildman–Crippen LogP) is 3.55. The third-order valence-electron chi connectivity index (χ3n) is 3.96. The summed E-state index contributed by atoms with van der Waals surface area (Å²) < 4.78 is 1.07. The Balaban J connectivity index is 1.84. The molecule has 0 spiro atoms. The molecule has 4 heteroatoms. The lowest BCUT2D eigenvalue weighted by Crippen LogP contribution is -2.46. The van der Waals surface area contributed by atoms with Crippen LogP contribution >= 0.6 is 15.9 Å². The van der Waals surface area contributed by atoms with Crippen molar-refractivity contribution in [3.05, 3.63) is 34.3 Å². The van der Waals surface area contributed by atoms with Crippen LogP contribution in [-0.2, 0) is 4.79 Å². The van der Waals surface area contributed by atoms with Crippen molar-refractivity contribution in [2.45, 2.75) is 57.7 Å². The lowest BCUT2D eigenvalue weighted by Gasteiger charge is -2.22. The third-order valence-corrected chi connectivity index (χ3v) is 4.49. The average molecular weight is 339 g/mol. The van der Waals surface area contributed by atoms with Gasteiger partial charge in [-0.25, -0.2) is 0 Å². The Morgan fingerprint density at radius 3 is 2.40 bits per heavy atom. The predicted molar refractivity (Wildman–Crippen MR) is 85.6 cm³/mol. The van der Waals surface area contributed by atoms with E-state index in [2.05, 4.69) is 45.6 Å². The molecule has 0 aliphatic heterocycles. The van der Waals surface area contributed by atoms with Gasteiger partial charge in [-0.2, -0.15) is 0 Å². The van der Waals surface area contributed by atoms with Crippen molar-refractivity contribution in [3.63, 3.8) is 0 Å². The maximum absolute atomic E-state index is 12.1. The average Bonchev–Trinajstić information content (AvgIpc) is 2.92. The molecule has 1 aromatic rings. The first kappa shape index (κ1) is 15.5. The van der Waals surface area contributed by atoms with Gasteiger partial charge >= 0.3 is 0 Å². The summed E-state index contributed by atoms with van der Waals surface area (Å²) in [6.07, 6.45) is 4.73.